The van der Waals surface area contributed by atoms with E-state index in [0.29, 0.717) is 0 Å². The topological polar surface area (TPSA) is 87.1 Å². The van der Waals surface area contributed by atoms with Gasteiger partial charge in [-0.25, -0.2) is 0 Å². The molecule has 2 radical (unpaired) electrons. The molecule has 0 atom stereocenters. The molecule has 8 heavy (non-hydrogen) atoms. The third kappa shape index (κ3) is 2.54. The predicted octanol–water partition coefficient (Wildman–Crippen LogP) is -0.765. The molecule has 0 spiro atoms. The first-order valence-electron chi connectivity index (χ1n) is 2.17. The van der Waals surface area contributed by atoms with Crippen molar-refractivity contribution in [2.45, 2.75) is 6.42 Å². The highest BCUT2D eigenvalue weighted by Crippen LogP contribution is 1.93. The Morgan fingerprint density at radius 2 is 2.25 bits per heavy atom. The van der Waals surface area contributed by atoms with Crippen molar-refractivity contribution in [1.29, 1.82) is 0 Å². The van der Waals surface area contributed by atoms with Crippen molar-refractivity contribution in [2.75, 3.05) is 6.54 Å². The van der Waals surface area contributed by atoms with Gasteiger partial charge in [0.2, 0.25) is 0 Å². The molecule has 0 aromatic heterocycles. The average molecular weight is 116 g/mol. The first-order valence-corrected chi connectivity index (χ1v) is 2.17. The second-order valence-electron chi connectivity index (χ2n) is 1.33. The van der Waals surface area contributed by atoms with Crippen molar-refractivity contribution in [2.24, 2.45) is 5.73 Å². The lowest BCUT2D eigenvalue weighted by molar-refractivity contribution is -0.135. The van der Waals surface area contributed by atoms with Gasteiger partial charge in [-0.2, -0.15) is 0 Å². The van der Waals surface area contributed by atoms with Crippen LogP contribution in [0, 0.1) is 6.04 Å². The van der Waals surface area contributed by atoms with Crippen LogP contribution in [-0.4, -0.2) is 17.6 Å². The molecule has 0 aliphatic rings. The fourth-order valence-corrected chi connectivity index (χ4v) is 0.242. The lowest BCUT2D eigenvalue weighted by Gasteiger charge is -1.98. The third-order valence-corrected chi connectivity index (χ3v) is 0.669. The quantitative estimate of drug-likeness (QED) is 0.507. The van der Waals surface area contributed by atoms with Gasteiger partial charge in [-0.05, 0) is 6.42 Å². The van der Waals surface area contributed by atoms with Crippen molar-refractivity contribution in [1.82, 2.24) is 5.73 Å². The normalized spacial score (nSPS) is 9.88. The summed E-state index contributed by atoms with van der Waals surface area (Å²) in [5, 5.41) is 8.07. The maximum atomic E-state index is 9.84. The second-order valence-corrected chi connectivity index (χ2v) is 1.33. The number of hydrogen-bond donors (Lipinski definition) is 2. The Labute approximate surface area is 47.5 Å². The maximum absolute atomic E-state index is 9.84. The van der Waals surface area contributed by atoms with Crippen molar-refractivity contribution >= 4 is 5.97 Å². The maximum Gasteiger partial charge on any atom is 0.326 e. The minimum absolute atomic E-state index is 0.0398. The van der Waals surface area contributed by atoms with E-state index in [1.54, 1.807) is 0 Å². The molecule has 0 aliphatic heterocycles. The van der Waals surface area contributed by atoms with Crippen LogP contribution in [0.4, 0.5) is 0 Å². The summed E-state index contributed by atoms with van der Waals surface area (Å²) in [5.74, 6) is -1.11. The molecule has 46 valence electrons. The Kier molecular flexibility index (Phi) is 3.14. The zero-order valence-electron chi connectivity index (χ0n) is 4.35. The van der Waals surface area contributed by atoms with E-state index in [9.17, 15) is 4.79 Å². The molecule has 0 amide bonds. The Morgan fingerprint density at radius 1 is 1.75 bits per heavy atom. The highest BCUT2D eigenvalue weighted by molar-refractivity contribution is 5.81. The molecule has 0 saturated heterocycles. The van der Waals surface area contributed by atoms with Crippen LogP contribution < -0.4 is 11.5 Å². The summed E-state index contributed by atoms with van der Waals surface area (Å²) in [4.78, 5) is 9.84. The zero-order chi connectivity index (χ0) is 6.57. The molecule has 0 aromatic rings. The third-order valence-electron chi connectivity index (χ3n) is 0.669. The minimum atomic E-state index is -1.11. The largest absolute Gasteiger partial charge is 0.480 e. The van der Waals surface area contributed by atoms with Gasteiger partial charge in [-0.15, -0.1) is 0 Å². The zero-order valence-corrected chi connectivity index (χ0v) is 4.35. The van der Waals surface area contributed by atoms with Gasteiger partial charge in [0.05, 0.1) is 0 Å². The molecule has 4 heteroatoms. The monoisotopic (exact) mass is 116 g/mol. The van der Waals surface area contributed by atoms with Gasteiger partial charge >= 0.3 is 5.97 Å². The molecule has 0 heterocycles. The lowest BCUT2D eigenvalue weighted by Crippen LogP contribution is -2.21. The van der Waals surface area contributed by atoms with Gasteiger partial charge in [0.15, 0.2) is 0 Å². The van der Waals surface area contributed by atoms with Crippen LogP contribution >= 0.6 is 0 Å². The van der Waals surface area contributed by atoms with E-state index < -0.39 is 5.97 Å². The predicted molar refractivity (Wildman–Crippen MR) is 27.6 cm³/mol. The van der Waals surface area contributed by atoms with Gasteiger partial charge < -0.3 is 10.8 Å². The Morgan fingerprint density at radius 3 is 2.38 bits per heavy atom. The van der Waals surface area contributed by atoms with Crippen LogP contribution in [0.5, 0.6) is 0 Å². The van der Waals surface area contributed by atoms with Crippen molar-refractivity contribution in [3.05, 3.63) is 6.04 Å². The number of carboxylic acids is 1. The second kappa shape index (κ2) is 3.40. The van der Waals surface area contributed by atoms with Crippen LogP contribution in [0.25, 0.3) is 0 Å². The van der Waals surface area contributed by atoms with Crippen LogP contribution in [0.3, 0.4) is 0 Å². The van der Waals surface area contributed by atoms with E-state index in [0.717, 1.165) is 0 Å². The number of carboxylic acid groups (broad SMARTS) is 1. The SMILES string of the molecule is [NH]CC[C](N)C(=O)O. The van der Waals surface area contributed by atoms with Gasteiger partial charge in [0.25, 0.3) is 0 Å². The summed E-state index contributed by atoms with van der Waals surface area (Å²) < 4.78 is 0. The Hall–Kier alpha value is -0.610. The summed E-state index contributed by atoms with van der Waals surface area (Å²) in [6.07, 6.45) is 0.148. The Balaban J connectivity index is 3.32. The summed E-state index contributed by atoms with van der Waals surface area (Å²) in [6, 6.07) is -0.139. The van der Waals surface area contributed by atoms with Crippen molar-refractivity contribution < 1.29 is 9.90 Å². The van der Waals surface area contributed by atoms with E-state index >= 15 is 0 Å². The summed E-state index contributed by atoms with van der Waals surface area (Å²) in [6.45, 7) is 0.0398. The summed E-state index contributed by atoms with van der Waals surface area (Å²) >= 11 is 0. The summed E-state index contributed by atoms with van der Waals surface area (Å²) in [7, 11) is 0. The molecule has 0 bridgehead atoms. The van der Waals surface area contributed by atoms with E-state index in [-0.39, 0.29) is 19.0 Å². The van der Waals surface area contributed by atoms with Gasteiger partial charge in [0, 0.05) is 6.54 Å². The number of aliphatic carboxylic acids is 1. The highest BCUT2D eigenvalue weighted by atomic mass is 16.4. The van der Waals surface area contributed by atoms with Crippen LogP contribution in [0.2, 0.25) is 0 Å². The van der Waals surface area contributed by atoms with Crippen molar-refractivity contribution in [3.8, 4) is 0 Å². The molecule has 0 unspecified atom stereocenters. The molecule has 0 aromatic carbocycles. The number of hydrogen-bond acceptors (Lipinski definition) is 2. The van der Waals surface area contributed by atoms with Crippen LogP contribution in [0.15, 0.2) is 0 Å². The van der Waals surface area contributed by atoms with Gasteiger partial charge in [-0.1, -0.05) is 0 Å². The molecule has 4 nitrogen and oxygen atoms in total. The number of nitrogens with one attached hydrogen (secondary N) is 1. The molecule has 0 aliphatic carbocycles. The van der Waals surface area contributed by atoms with E-state index in [2.05, 4.69) is 0 Å². The fourth-order valence-electron chi connectivity index (χ4n) is 0.242. The van der Waals surface area contributed by atoms with Crippen LogP contribution in [-0.2, 0) is 4.79 Å². The molecule has 0 saturated carbocycles. The summed E-state index contributed by atoms with van der Waals surface area (Å²) in [5.41, 5.74) is 11.5. The van der Waals surface area contributed by atoms with Gasteiger partial charge in [0.1, 0.15) is 6.04 Å². The first kappa shape index (κ1) is 7.39. The fraction of sp³-hybridized carbons (Fsp3) is 0.500. The van der Waals surface area contributed by atoms with E-state index in [1.165, 1.54) is 0 Å². The smallest absolute Gasteiger partial charge is 0.326 e. The van der Waals surface area contributed by atoms with E-state index in [4.69, 9.17) is 16.6 Å². The lowest BCUT2D eigenvalue weighted by atomic mass is 10.2. The minimum Gasteiger partial charge on any atom is -0.480 e. The number of rotatable bonds is 3. The standard InChI is InChI=1S/C4H8N2O2/c5-2-1-3(6)4(7)8/h5H,1-2,6H2,(H,7,8). The molecule has 0 fully saturated rings. The Bertz CT molecular complexity index is 84.1. The molecule has 0 rings (SSSR count). The van der Waals surface area contributed by atoms with Gasteiger partial charge in [-0.3, -0.25) is 10.5 Å². The number of nitrogens with two attached hydrogens (primary N) is 1. The highest BCUT2D eigenvalue weighted by Gasteiger charge is 2.09. The first-order chi connectivity index (χ1) is 3.68. The number of carbonyl (C=O) groups is 1. The average Bonchev–Trinajstić information content (AvgIpc) is 1.67. The van der Waals surface area contributed by atoms with E-state index in [1.807, 2.05) is 0 Å². The molecule has 4 N–H and O–H groups in total. The van der Waals surface area contributed by atoms with Crippen LogP contribution in [0.1, 0.15) is 6.42 Å². The van der Waals surface area contributed by atoms with Crippen molar-refractivity contribution in [3.63, 3.8) is 0 Å². The molecular formula is C4H8N2O2. The molecular weight excluding hydrogens is 108 g/mol.